The molecule has 1 aromatic carbocycles. The Bertz CT molecular complexity index is 277. The number of rotatable bonds is 1. The minimum absolute atomic E-state index is 0.164. The Morgan fingerprint density at radius 2 is 2.18 bits per heavy atom. The van der Waals surface area contributed by atoms with Gasteiger partial charge in [-0.25, -0.2) is 4.39 Å². The number of halogens is 3. The van der Waals surface area contributed by atoms with Gasteiger partial charge in [0.2, 0.25) is 0 Å². The maximum Gasteiger partial charge on any atom is 0.156 e. The molecule has 0 spiro atoms. The summed E-state index contributed by atoms with van der Waals surface area (Å²) in [5, 5.41) is 0.164. The molecule has 0 aliphatic heterocycles. The van der Waals surface area contributed by atoms with Gasteiger partial charge in [0.1, 0.15) is 0 Å². The van der Waals surface area contributed by atoms with Crippen LogP contribution in [-0.4, -0.2) is 6.26 Å². The van der Waals surface area contributed by atoms with Crippen LogP contribution in [0.1, 0.15) is 0 Å². The van der Waals surface area contributed by atoms with Crippen molar-refractivity contribution in [2.45, 2.75) is 4.90 Å². The molecule has 0 heterocycles. The van der Waals surface area contributed by atoms with E-state index in [9.17, 15) is 4.39 Å². The highest BCUT2D eigenvalue weighted by atomic mass is 79.9. The highest BCUT2D eigenvalue weighted by Gasteiger charge is 2.08. The van der Waals surface area contributed by atoms with E-state index in [0.717, 1.165) is 4.47 Å². The Morgan fingerprint density at radius 1 is 1.55 bits per heavy atom. The first-order valence-electron chi connectivity index (χ1n) is 2.84. The molecule has 0 radical (unpaired) electrons. The van der Waals surface area contributed by atoms with Crippen LogP contribution in [0.15, 0.2) is 21.5 Å². The number of hydrogen-bond acceptors (Lipinski definition) is 1. The van der Waals surface area contributed by atoms with Crippen molar-refractivity contribution in [3.8, 4) is 0 Å². The second kappa shape index (κ2) is 3.78. The van der Waals surface area contributed by atoms with E-state index in [1.54, 1.807) is 12.3 Å². The second-order valence-corrected chi connectivity index (χ2v) is 3.95. The summed E-state index contributed by atoms with van der Waals surface area (Å²) in [6, 6.07) is 3.26. The van der Waals surface area contributed by atoms with E-state index in [0.29, 0.717) is 4.90 Å². The van der Waals surface area contributed by atoms with Gasteiger partial charge in [0.25, 0.3) is 0 Å². The zero-order valence-electron chi connectivity index (χ0n) is 5.70. The Hall–Kier alpha value is 0.270. The Balaban J connectivity index is 3.29. The lowest BCUT2D eigenvalue weighted by Gasteiger charge is -2.02. The molecule has 0 bridgehead atoms. The van der Waals surface area contributed by atoms with Gasteiger partial charge in [0.05, 0.1) is 9.92 Å². The third-order valence-corrected chi connectivity index (χ3v) is 3.23. The summed E-state index contributed by atoms with van der Waals surface area (Å²) in [5.41, 5.74) is 0. The molecular formula is C7H5BrClFS. The van der Waals surface area contributed by atoms with E-state index in [2.05, 4.69) is 15.9 Å². The lowest BCUT2D eigenvalue weighted by Crippen LogP contribution is -1.82. The molecule has 4 heteroatoms. The van der Waals surface area contributed by atoms with Crippen LogP contribution < -0.4 is 0 Å². The monoisotopic (exact) mass is 254 g/mol. The summed E-state index contributed by atoms with van der Waals surface area (Å²) in [7, 11) is 0. The molecule has 1 aromatic rings. The summed E-state index contributed by atoms with van der Waals surface area (Å²) in [6.07, 6.45) is 1.81. The number of hydrogen-bond donors (Lipinski definition) is 0. The first kappa shape index (κ1) is 9.36. The van der Waals surface area contributed by atoms with Crippen LogP contribution in [0.3, 0.4) is 0 Å². The minimum atomic E-state index is -0.353. The molecule has 0 saturated carbocycles. The lowest BCUT2D eigenvalue weighted by molar-refractivity contribution is 0.601. The van der Waals surface area contributed by atoms with Crippen molar-refractivity contribution in [3.63, 3.8) is 0 Å². The van der Waals surface area contributed by atoms with Crippen LogP contribution in [-0.2, 0) is 0 Å². The van der Waals surface area contributed by atoms with E-state index in [1.807, 2.05) is 0 Å². The fraction of sp³-hybridized carbons (Fsp3) is 0.143. The minimum Gasteiger partial charge on any atom is -0.204 e. The van der Waals surface area contributed by atoms with Gasteiger partial charge in [-0.15, -0.1) is 11.8 Å². The molecule has 0 nitrogen and oxygen atoms in total. The second-order valence-electron chi connectivity index (χ2n) is 1.88. The first-order valence-corrected chi connectivity index (χ1v) is 5.24. The van der Waals surface area contributed by atoms with Gasteiger partial charge in [0.15, 0.2) is 5.82 Å². The van der Waals surface area contributed by atoms with Crippen LogP contribution in [0.5, 0.6) is 0 Å². The van der Waals surface area contributed by atoms with E-state index in [-0.39, 0.29) is 10.8 Å². The van der Waals surface area contributed by atoms with Crippen molar-refractivity contribution in [1.29, 1.82) is 0 Å². The van der Waals surface area contributed by atoms with Crippen molar-refractivity contribution in [2.75, 3.05) is 6.26 Å². The van der Waals surface area contributed by atoms with Crippen molar-refractivity contribution < 1.29 is 4.39 Å². The molecule has 0 aliphatic carbocycles. The molecule has 0 saturated heterocycles. The fourth-order valence-electron chi connectivity index (χ4n) is 0.696. The van der Waals surface area contributed by atoms with Crippen LogP contribution in [0.25, 0.3) is 0 Å². The Morgan fingerprint density at radius 3 is 2.64 bits per heavy atom. The van der Waals surface area contributed by atoms with Crippen molar-refractivity contribution in [1.82, 2.24) is 0 Å². The molecule has 0 fully saturated rings. The van der Waals surface area contributed by atoms with Gasteiger partial charge in [-0.1, -0.05) is 11.6 Å². The van der Waals surface area contributed by atoms with Gasteiger partial charge in [-0.3, -0.25) is 0 Å². The SMILES string of the molecule is CSc1c(Br)ccc(Cl)c1F. The standard InChI is InChI=1S/C7H5BrClFS/c1-11-7-4(8)2-3-5(9)6(7)10/h2-3H,1H3. The summed E-state index contributed by atoms with van der Waals surface area (Å²) >= 11 is 10.1. The van der Waals surface area contributed by atoms with Crippen molar-refractivity contribution in [2.24, 2.45) is 0 Å². The normalized spacial score (nSPS) is 10.2. The molecule has 0 aliphatic rings. The zero-order chi connectivity index (χ0) is 8.43. The molecule has 0 amide bonds. The molecular weight excluding hydrogens is 250 g/mol. The predicted octanol–water partition coefficient (Wildman–Crippen LogP) is 3.96. The zero-order valence-corrected chi connectivity index (χ0v) is 8.86. The molecule has 1 rings (SSSR count). The summed E-state index contributed by atoms with van der Waals surface area (Å²) in [4.78, 5) is 0.553. The Kier molecular flexibility index (Phi) is 3.22. The van der Waals surface area contributed by atoms with Gasteiger partial charge < -0.3 is 0 Å². The predicted molar refractivity (Wildman–Crippen MR) is 50.9 cm³/mol. The largest absolute Gasteiger partial charge is 0.204 e. The number of thioether (sulfide) groups is 1. The van der Waals surface area contributed by atoms with Gasteiger partial charge >= 0.3 is 0 Å². The molecule has 0 atom stereocenters. The Labute approximate surface area is 82.3 Å². The third-order valence-electron chi connectivity index (χ3n) is 1.21. The lowest BCUT2D eigenvalue weighted by atomic mass is 10.3. The maximum absolute atomic E-state index is 13.1. The molecule has 11 heavy (non-hydrogen) atoms. The van der Waals surface area contributed by atoms with Crippen LogP contribution in [0.2, 0.25) is 5.02 Å². The maximum atomic E-state index is 13.1. The summed E-state index contributed by atoms with van der Waals surface area (Å²) < 4.78 is 13.8. The first-order chi connectivity index (χ1) is 5.16. The number of benzene rings is 1. The van der Waals surface area contributed by atoms with E-state index >= 15 is 0 Å². The van der Waals surface area contributed by atoms with E-state index in [4.69, 9.17) is 11.6 Å². The molecule has 0 aromatic heterocycles. The molecule has 0 unspecified atom stereocenters. The van der Waals surface area contributed by atoms with Gasteiger partial charge in [-0.05, 0) is 34.3 Å². The van der Waals surface area contributed by atoms with Gasteiger partial charge in [-0.2, -0.15) is 0 Å². The topological polar surface area (TPSA) is 0 Å². The average Bonchev–Trinajstić information content (AvgIpc) is 1.99. The highest BCUT2D eigenvalue weighted by Crippen LogP contribution is 2.32. The molecule has 60 valence electrons. The van der Waals surface area contributed by atoms with Crippen molar-refractivity contribution >= 4 is 39.3 Å². The summed E-state index contributed by atoms with van der Waals surface area (Å²) in [5.74, 6) is -0.353. The van der Waals surface area contributed by atoms with E-state index < -0.39 is 0 Å². The van der Waals surface area contributed by atoms with E-state index in [1.165, 1.54) is 17.8 Å². The highest BCUT2D eigenvalue weighted by molar-refractivity contribution is 9.10. The van der Waals surface area contributed by atoms with Crippen LogP contribution >= 0.6 is 39.3 Å². The van der Waals surface area contributed by atoms with Gasteiger partial charge in [0, 0.05) is 4.47 Å². The van der Waals surface area contributed by atoms with Crippen molar-refractivity contribution in [3.05, 3.63) is 27.4 Å². The fourth-order valence-corrected chi connectivity index (χ4v) is 2.25. The summed E-state index contributed by atoms with van der Waals surface area (Å²) in [6.45, 7) is 0. The quantitative estimate of drug-likeness (QED) is 0.541. The van der Waals surface area contributed by atoms with Crippen LogP contribution in [0.4, 0.5) is 4.39 Å². The smallest absolute Gasteiger partial charge is 0.156 e. The average molecular weight is 256 g/mol. The molecule has 0 N–H and O–H groups in total. The third kappa shape index (κ3) is 1.89. The van der Waals surface area contributed by atoms with Crippen LogP contribution in [0, 0.1) is 5.82 Å².